The fourth-order valence-electron chi connectivity index (χ4n) is 2.22. The molecule has 3 rings (SSSR count). The lowest BCUT2D eigenvalue weighted by atomic mass is 10.1. The van der Waals surface area contributed by atoms with E-state index in [1.807, 2.05) is 24.3 Å². The highest BCUT2D eigenvalue weighted by Crippen LogP contribution is 2.28. The summed E-state index contributed by atoms with van der Waals surface area (Å²) in [6.45, 7) is 0. The zero-order valence-corrected chi connectivity index (χ0v) is 12.6. The Balaban J connectivity index is 1.78. The predicted octanol–water partition coefficient (Wildman–Crippen LogP) is 5.76. The predicted molar refractivity (Wildman–Crippen MR) is 86.3 cm³/mol. The summed E-state index contributed by atoms with van der Waals surface area (Å²) >= 11 is 9.39. The van der Waals surface area contributed by atoms with Crippen LogP contribution in [0.15, 0.2) is 58.6 Å². The third-order valence-electron chi connectivity index (χ3n) is 3.20. The van der Waals surface area contributed by atoms with Crippen LogP contribution in [-0.4, -0.2) is 0 Å². The Hall–Kier alpha value is -1.31. The van der Waals surface area contributed by atoms with E-state index in [-0.39, 0.29) is 0 Å². The first-order valence-corrected chi connectivity index (χ1v) is 7.30. The monoisotopic (exact) mass is 330 g/mol. The largest absolute Gasteiger partial charge is 0.0843 e. The van der Waals surface area contributed by atoms with Crippen LogP contribution < -0.4 is 0 Å². The first-order valence-electron chi connectivity index (χ1n) is 6.13. The van der Waals surface area contributed by atoms with Crippen molar-refractivity contribution in [2.45, 2.75) is 6.42 Å². The molecule has 0 nitrogen and oxygen atoms in total. The van der Waals surface area contributed by atoms with E-state index in [9.17, 15) is 0 Å². The van der Waals surface area contributed by atoms with Gasteiger partial charge in [0.2, 0.25) is 0 Å². The van der Waals surface area contributed by atoms with E-state index in [0.717, 1.165) is 15.9 Å². The zero-order chi connectivity index (χ0) is 13.2. The van der Waals surface area contributed by atoms with E-state index in [1.54, 1.807) is 0 Å². The van der Waals surface area contributed by atoms with Gasteiger partial charge in [0, 0.05) is 9.50 Å². The van der Waals surface area contributed by atoms with Crippen molar-refractivity contribution in [1.82, 2.24) is 0 Å². The number of allylic oxidation sites excluding steroid dienone is 2. The van der Waals surface area contributed by atoms with Gasteiger partial charge in [-0.25, -0.2) is 0 Å². The molecule has 0 atom stereocenters. The normalized spacial score (nSPS) is 13.7. The topological polar surface area (TPSA) is 0 Å². The molecular formula is C17H12BrCl. The molecule has 0 aliphatic heterocycles. The van der Waals surface area contributed by atoms with E-state index in [4.69, 9.17) is 11.6 Å². The van der Waals surface area contributed by atoms with E-state index < -0.39 is 0 Å². The molecule has 0 spiro atoms. The van der Waals surface area contributed by atoms with E-state index in [1.165, 1.54) is 22.3 Å². The third kappa shape index (κ3) is 2.99. The van der Waals surface area contributed by atoms with Gasteiger partial charge in [-0.1, -0.05) is 64.0 Å². The summed E-state index contributed by atoms with van der Waals surface area (Å²) in [5.74, 6) is 0. The van der Waals surface area contributed by atoms with Gasteiger partial charge in [-0.3, -0.25) is 0 Å². The minimum atomic E-state index is 0.773. The number of benzene rings is 2. The van der Waals surface area contributed by atoms with Crippen LogP contribution in [0, 0.1) is 0 Å². The second-order valence-electron chi connectivity index (χ2n) is 4.62. The number of hydrogen-bond donors (Lipinski definition) is 0. The summed E-state index contributed by atoms with van der Waals surface area (Å²) in [7, 11) is 0. The molecule has 2 aromatic carbocycles. The maximum Gasteiger partial charge on any atom is 0.0406 e. The standard InChI is InChI=1S/C17H12BrCl/c18-16-6-5-14-9-13(10-15(14)11-16)2-1-12-3-7-17(19)8-4-12/h1-9,11H,10H2/b2-1+. The van der Waals surface area contributed by atoms with Crippen molar-refractivity contribution in [3.63, 3.8) is 0 Å². The van der Waals surface area contributed by atoms with Crippen LogP contribution >= 0.6 is 27.5 Å². The molecule has 0 aromatic heterocycles. The van der Waals surface area contributed by atoms with E-state index in [2.05, 4.69) is 52.4 Å². The van der Waals surface area contributed by atoms with Crippen molar-refractivity contribution >= 4 is 39.7 Å². The molecule has 0 heterocycles. The van der Waals surface area contributed by atoms with Gasteiger partial charge in [0.25, 0.3) is 0 Å². The quantitative estimate of drug-likeness (QED) is 0.656. The maximum atomic E-state index is 5.87. The third-order valence-corrected chi connectivity index (χ3v) is 3.95. The summed E-state index contributed by atoms with van der Waals surface area (Å²) in [5, 5.41) is 0.773. The van der Waals surface area contributed by atoms with E-state index >= 15 is 0 Å². The number of halogens is 2. The lowest BCUT2D eigenvalue weighted by Crippen LogP contribution is -1.82. The smallest absolute Gasteiger partial charge is 0.0406 e. The van der Waals surface area contributed by atoms with Crippen molar-refractivity contribution in [2.75, 3.05) is 0 Å². The molecule has 1 aliphatic carbocycles. The molecule has 94 valence electrons. The molecule has 0 amide bonds. The van der Waals surface area contributed by atoms with Crippen molar-refractivity contribution in [3.8, 4) is 0 Å². The number of hydrogen-bond acceptors (Lipinski definition) is 0. The van der Waals surface area contributed by atoms with Gasteiger partial charge in [0.15, 0.2) is 0 Å². The van der Waals surface area contributed by atoms with Gasteiger partial charge in [-0.15, -0.1) is 0 Å². The summed E-state index contributed by atoms with van der Waals surface area (Å²) < 4.78 is 1.14. The maximum absolute atomic E-state index is 5.87. The molecular weight excluding hydrogens is 320 g/mol. The molecule has 2 heteroatoms. The SMILES string of the molecule is Clc1ccc(/C=C/C2=Cc3ccc(Br)cc3C2)cc1. The van der Waals surface area contributed by atoms with Crippen LogP contribution in [0.2, 0.25) is 5.02 Å². The Morgan fingerprint density at radius 1 is 1.00 bits per heavy atom. The minimum absolute atomic E-state index is 0.773. The Labute approximate surface area is 126 Å². The van der Waals surface area contributed by atoms with Gasteiger partial charge in [0.05, 0.1) is 0 Å². The fraction of sp³-hybridized carbons (Fsp3) is 0.0588. The molecule has 0 N–H and O–H groups in total. The highest BCUT2D eigenvalue weighted by molar-refractivity contribution is 9.10. The Kier molecular flexibility index (Phi) is 3.58. The zero-order valence-electron chi connectivity index (χ0n) is 10.2. The van der Waals surface area contributed by atoms with Crippen molar-refractivity contribution in [3.05, 3.63) is 80.3 Å². The molecule has 0 unspecified atom stereocenters. The van der Waals surface area contributed by atoms with Gasteiger partial charge in [0.1, 0.15) is 0 Å². The summed E-state index contributed by atoms with van der Waals surface area (Å²) in [5.41, 5.74) is 5.20. The Morgan fingerprint density at radius 2 is 1.79 bits per heavy atom. The molecule has 0 radical (unpaired) electrons. The van der Waals surface area contributed by atoms with Crippen molar-refractivity contribution in [2.24, 2.45) is 0 Å². The van der Waals surface area contributed by atoms with Crippen molar-refractivity contribution in [1.29, 1.82) is 0 Å². The van der Waals surface area contributed by atoms with Crippen LogP contribution in [0.3, 0.4) is 0 Å². The summed E-state index contributed by atoms with van der Waals surface area (Å²) in [6, 6.07) is 14.3. The Morgan fingerprint density at radius 3 is 2.58 bits per heavy atom. The minimum Gasteiger partial charge on any atom is -0.0843 e. The molecule has 2 aromatic rings. The van der Waals surface area contributed by atoms with Crippen LogP contribution in [0.25, 0.3) is 12.2 Å². The van der Waals surface area contributed by atoms with Crippen LogP contribution in [0.1, 0.15) is 16.7 Å². The molecule has 1 aliphatic rings. The molecule has 0 saturated heterocycles. The summed E-state index contributed by atoms with van der Waals surface area (Å²) in [6.07, 6.45) is 7.55. The van der Waals surface area contributed by atoms with Crippen LogP contribution in [0.5, 0.6) is 0 Å². The number of fused-ring (bicyclic) bond motifs is 1. The van der Waals surface area contributed by atoms with Crippen LogP contribution in [-0.2, 0) is 6.42 Å². The lowest BCUT2D eigenvalue weighted by molar-refractivity contribution is 1.24. The molecule has 0 fully saturated rings. The summed E-state index contributed by atoms with van der Waals surface area (Å²) in [4.78, 5) is 0. The van der Waals surface area contributed by atoms with Gasteiger partial charge < -0.3 is 0 Å². The molecule has 0 bridgehead atoms. The van der Waals surface area contributed by atoms with E-state index in [0.29, 0.717) is 0 Å². The fourth-order valence-corrected chi connectivity index (χ4v) is 2.76. The Bertz CT molecular complexity index is 666. The average Bonchev–Trinajstić information content (AvgIpc) is 2.80. The molecule has 19 heavy (non-hydrogen) atoms. The second-order valence-corrected chi connectivity index (χ2v) is 5.98. The van der Waals surface area contributed by atoms with Gasteiger partial charge in [-0.2, -0.15) is 0 Å². The highest BCUT2D eigenvalue weighted by atomic mass is 79.9. The van der Waals surface area contributed by atoms with Crippen molar-refractivity contribution < 1.29 is 0 Å². The van der Waals surface area contributed by atoms with Gasteiger partial charge >= 0.3 is 0 Å². The number of rotatable bonds is 2. The molecule has 0 saturated carbocycles. The first-order chi connectivity index (χ1) is 9.20. The van der Waals surface area contributed by atoms with Crippen LogP contribution in [0.4, 0.5) is 0 Å². The first kappa shape index (κ1) is 12.7. The second kappa shape index (κ2) is 5.36. The average molecular weight is 332 g/mol. The lowest BCUT2D eigenvalue weighted by Gasteiger charge is -1.98. The van der Waals surface area contributed by atoms with Gasteiger partial charge in [-0.05, 0) is 52.9 Å². The highest BCUT2D eigenvalue weighted by Gasteiger charge is 2.10.